The third-order valence-electron chi connectivity index (χ3n) is 7.55. The summed E-state index contributed by atoms with van der Waals surface area (Å²) in [6.07, 6.45) is -11.5. The van der Waals surface area contributed by atoms with Gasteiger partial charge in [0.25, 0.3) is 18.2 Å². The van der Waals surface area contributed by atoms with E-state index in [2.05, 4.69) is 30.7 Å². The number of imidazole rings is 1. The van der Waals surface area contributed by atoms with E-state index in [9.17, 15) is 44.7 Å². The Morgan fingerprint density at radius 2 is 1.74 bits per heavy atom. The van der Waals surface area contributed by atoms with E-state index in [1.54, 1.807) is 0 Å². The summed E-state index contributed by atoms with van der Waals surface area (Å²) in [5.74, 6) is -3.61. The molecule has 0 radical (unpaired) electrons. The first-order valence-corrected chi connectivity index (χ1v) is 14.2. The quantitative estimate of drug-likeness (QED) is 0.176. The average molecular weight is 675 g/mol. The van der Waals surface area contributed by atoms with Crippen LogP contribution < -0.4 is 15.4 Å². The second-order valence-corrected chi connectivity index (χ2v) is 10.9. The van der Waals surface area contributed by atoms with Crippen molar-refractivity contribution in [3.05, 3.63) is 70.4 Å². The number of pyridine rings is 1. The van der Waals surface area contributed by atoms with Crippen molar-refractivity contribution in [2.24, 2.45) is 5.92 Å². The molecule has 3 N–H and O–H groups in total. The molecule has 1 aliphatic carbocycles. The van der Waals surface area contributed by atoms with E-state index < -0.39 is 67.0 Å². The number of aromatic nitrogens is 4. The molecule has 47 heavy (non-hydrogen) atoms. The minimum atomic E-state index is -4.75. The van der Waals surface area contributed by atoms with Crippen molar-refractivity contribution < 1.29 is 54.0 Å². The molecule has 2 amide bonds. The van der Waals surface area contributed by atoms with Gasteiger partial charge in [-0.1, -0.05) is 17.3 Å². The zero-order valence-electron chi connectivity index (χ0n) is 24.1. The molecule has 252 valence electrons. The van der Waals surface area contributed by atoms with Crippen LogP contribution in [0, 0.1) is 5.92 Å². The molecule has 0 atom stereocenters. The summed E-state index contributed by atoms with van der Waals surface area (Å²) in [4.78, 5) is 36.3. The van der Waals surface area contributed by atoms with Crippen molar-refractivity contribution in [3.63, 3.8) is 0 Å². The number of carbonyl (C=O) groups is 2. The van der Waals surface area contributed by atoms with Gasteiger partial charge in [-0.15, -0.1) is 0 Å². The van der Waals surface area contributed by atoms with Crippen LogP contribution in [-0.4, -0.2) is 57.2 Å². The molecule has 1 fully saturated rings. The number of amides is 2. The lowest BCUT2D eigenvalue weighted by Gasteiger charge is -2.30. The topological polar surface area (TPSA) is 135 Å². The summed E-state index contributed by atoms with van der Waals surface area (Å²) in [5.41, 5.74) is -1.26. The number of rotatable bonds is 10. The zero-order chi connectivity index (χ0) is 33.9. The van der Waals surface area contributed by atoms with E-state index in [0.29, 0.717) is 5.56 Å². The van der Waals surface area contributed by atoms with Crippen LogP contribution in [0.1, 0.15) is 69.1 Å². The van der Waals surface area contributed by atoms with Crippen molar-refractivity contribution in [3.8, 4) is 5.88 Å². The summed E-state index contributed by atoms with van der Waals surface area (Å²) >= 11 is 0. The van der Waals surface area contributed by atoms with E-state index >= 15 is 0 Å². The third kappa shape index (κ3) is 8.34. The van der Waals surface area contributed by atoms with Crippen molar-refractivity contribution in [2.75, 3.05) is 6.61 Å². The van der Waals surface area contributed by atoms with Gasteiger partial charge in [0.05, 0.1) is 23.2 Å². The van der Waals surface area contributed by atoms with Gasteiger partial charge in [0, 0.05) is 25.1 Å². The molecule has 0 saturated heterocycles. The summed E-state index contributed by atoms with van der Waals surface area (Å²) in [5, 5.41) is 8.52. The number of alkyl halides is 8. The smallest absolute Gasteiger partial charge is 0.416 e. The number of halogens is 8. The molecule has 0 bridgehead atoms. The Hall–Kier alpha value is -4.77. The molecule has 0 aliphatic heterocycles. The number of hydrogen-bond donors (Lipinski definition) is 3. The van der Waals surface area contributed by atoms with Crippen LogP contribution in [0.25, 0.3) is 11.2 Å². The Labute approximate surface area is 260 Å². The highest BCUT2D eigenvalue weighted by molar-refractivity contribution is 5.99. The second kappa shape index (κ2) is 13.5. The van der Waals surface area contributed by atoms with Gasteiger partial charge in [-0.2, -0.15) is 31.3 Å². The lowest BCUT2D eigenvalue weighted by Crippen LogP contribution is -2.40. The minimum absolute atomic E-state index is 0.0244. The molecular weight excluding hydrogens is 648 g/mol. The van der Waals surface area contributed by atoms with E-state index in [1.807, 2.05) is 0 Å². The monoisotopic (exact) mass is 674 g/mol. The van der Waals surface area contributed by atoms with E-state index in [4.69, 9.17) is 9.26 Å². The zero-order valence-corrected chi connectivity index (χ0v) is 24.1. The number of nitrogens with one attached hydrogen (secondary N) is 3. The Morgan fingerprint density at radius 1 is 1.00 bits per heavy atom. The first-order valence-electron chi connectivity index (χ1n) is 14.2. The van der Waals surface area contributed by atoms with Gasteiger partial charge in [-0.3, -0.25) is 9.59 Å². The Morgan fingerprint density at radius 3 is 2.38 bits per heavy atom. The first kappa shape index (κ1) is 33.6. The summed E-state index contributed by atoms with van der Waals surface area (Å²) < 4.78 is 117. The molecule has 3 aromatic heterocycles. The van der Waals surface area contributed by atoms with Gasteiger partial charge in [-0.05, 0) is 48.9 Å². The Bertz CT molecular complexity index is 1710. The highest BCUT2D eigenvalue weighted by atomic mass is 19.4. The molecule has 0 spiro atoms. The van der Waals surface area contributed by atoms with Crippen LogP contribution in [0.5, 0.6) is 5.88 Å². The number of fused-ring (bicyclic) bond motifs is 1. The molecule has 1 aliphatic rings. The fourth-order valence-corrected chi connectivity index (χ4v) is 5.26. The van der Waals surface area contributed by atoms with Gasteiger partial charge in [0.15, 0.2) is 12.3 Å². The van der Waals surface area contributed by atoms with Gasteiger partial charge >= 0.3 is 12.4 Å². The summed E-state index contributed by atoms with van der Waals surface area (Å²) in [6.45, 7) is -1.28. The molecular formula is C29H26F8N6O4. The number of aromatic amines is 1. The Kier molecular flexibility index (Phi) is 9.67. The molecule has 1 saturated carbocycles. The predicted octanol–water partition coefficient (Wildman–Crippen LogP) is 5.98. The number of hydrogen-bond acceptors (Lipinski definition) is 7. The average Bonchev–Trinajstić information content (AvgIpc) is 3.67. The van der Waals surface area contributed by atoms with E-state index in [0.717, 1.165) is 6.07 Å². The molecule has 0 unspecified atom stereocenters. The normalized spacial score (nSPS) is 17.2. The summed E-state index contributed by atoms with van der Waals surface area (Å²) in [7, 11) is 0. The van der Waals surface area contributed by atoms with Gasteiger partial charge in [0.2, 0.25) is 11.6 Å². The van der Waals surface area contributed by atoms with Crippen LogP contribution in [-0.2, 0) is 19.1 Å². The largest absolute Gasteiger partial charge is 0.471 e. The van der Waals surface area contributed by atoms with Gasteiger partial charge in [-0.25, -0.2) is 13.8 Å². The number of benzene rings is 1. The van der Waals surface area contributed by atoms with Crippen LogP contribution >= 0.6 is 0 Å². The fraction of sp³-hybridized carbons (Fsp3) is 0.414. The number of H-pyrrole nitrogens is 1. The maximum absolute atomic E-state index is 13.9. The molecule has 18 heteroatoms. The predicted molar refractivity (Wildman–Crippen MR) is 147 cm³/mol. The molecule has 4 aromatic rings. The standard InChI is InChI=1S/C29H26F8N6O4/c30-22(31)13-46-27-18(25(44)40-17-4-2-16(3-5-17)28(32,33)34)11-20-24(43-27)42-23(41-20)10-15-9-14(1-6-19(15)29(35,36)37)12-38-26(45)21-7-8-39-47-21/h1,6-9,11,16-17,22H,2-5,10,12-13H2,(H,38,45)(H,40,44)(H,41,42,43). The highest BCUT2D eigenvalue weighted by Crippen LogP contribution is 2.38. The first-order chi connectivity index (χ1) is 22.2. The van der Waals surface area contributed by atoms with Gasteiger partial charge in [0.1, 0.15) is 11.4 Å². The van der Waals surface area contributed by atoms with Crippen molar-refractivity contribution in [1.82, 2.24) is 30.7 Å². The second-order valence-electron chi connectivity index (χ2n) is 10.9. The maximum Gasteiger partial charge on any atom is 0.416 e. The lowest BCUT2D eigenvalue weighted by atomic mass is 9.85. The van der Waals surface area contributed by atoms with Crippen LogP contribution in [0.2, 0.25) is 0 Å². The maximum atomic E-state index is 13.9. The minimum Gasteiger partial charge on any atom is -0.471 e. The lowest BCUT2D eigenvalue weighted by molar-refractivity contribution is -0.182. The highest BCUT2D eigenvalue weighted by Gasteiger charge is 2.41. The molecule has 10 nitrogen and oxygen atoms in total. The number of ether oxygens (including phenoxy) is 1. The number of nitrogens with zero attached hydrogens (tertiary/aromatic N) is 3. The van der Waals surface area contributed by atoms with Gasteiger partial charge < -0.3 is 24.9 Å². The van der Waals surface area contributed by atoms with Crippen LogP contribution in [0.3, 0.4) is 0 Å². The third-order valence-corrected chi connectivity index (χ3v) is 7.55. The molecule has 1 aromatic carbocycles. The van der Waals surface area contributed by atoms with Crippen LogP contribution in [0.15, 0.2) is 41.1 Å². The van der Waals surface area contributed by atoms with E-state index in [-0.39, 0.29) is 66.1 Å². The van der Waals surface area contributed by atoms with Crippen LogP contribution in [0.4, 0.5) is 35.1 Å². The fourth-order valence-electron chi connectivity index (χ4n) is 5.26. The summed E-state index contributed by atoms with van der Waals surface area (Å²) in [6, 6.07) is 5.15. The molecule has 3 heterocycles. The molecule has 5 rings (SSSR count). The Balaban J connectivity index is 1.38. The van der Waals surface area contributed by atoms with E-state index in [1.165, 1.54) is 30.5 Å². The van der Waals surface area contributed by atoms with Crippen molar-refractivity contribution in [1.29, 1.82) is 0 Å². The SMILES string of the molecule is O=C(NCc1ccc(C(F)(F)F)c(Cc2nc3nc(OCC(F)F)c(C(=O)NC4CCC(C(F)(F)F)CC4)cc3[nH]2)c1)c1ccno1. The van der Waals surface area contributed by atoms with Crippen molar-refractivity contribution in [2.45, 2.75) is 63.5 Å². The number of carbonyl (C=O) groups excluding carboxylic acids is 2. The van der Waals surface area contributed by atoms with Crippen molar-refractivity contribution >= 4 is 23.0 Å².